The Bertz CT molecular complexity index is 292. The van der Waals surface area contributed by atoms with Crippen molar-refractivity contribution in [2.24, 2.45) is 29.6 Å². The first-order valence-electron chi connectivity index (χ1n) is 6.37. The van der Waals surface area contributed by atoms with Crippen LogP contribution in [0.25, 0.3) is 0 Å². The lowest BCUT2D eigenvalue weighted by atomic mass is 9.75. The van der Waals surface area contributed by atoms with E-state index >= 15 is 0 Å². The van der Waals surface area contributed by atoms with Crippen LogP contribution in [0.15, 0.2) is 0 Å². The van der Waals surface area contributed by atoms with Gasteiger partial charge in [-0.15, -0.1) is 12.4 Å². The molecule has 2 nitrogen and oxygen atoms in total. The van der Waals surface area contributed by atoms with Crippen LogP contribution in [-0.2, 0) is 4.79 Å². The zero-order chi connectivity index (χ0) is 10.6. The summed E-state index contributed by atoms with van der Waals surface area (Å²) in [4.78, 5) is 14.4. The third-order valence-corrected chi connectivity index (χ3v) is 5.03. The topological polar surface area (TPSA) is 20.3 Å². The molecular weight excluding hydrogens is 222 g/mol. The molecule has 3 aliphatic rings. The molecule has 16 heavy (non-hydrogen) atoms. The van der Waals surface area contributed by atoms with Gasteiger partial charge in [0, 0.05) is 18.4 Å². The van der Waals surface area contributed by atoms with E-state index in [-0.39, 0.29) is 12.4 Å². The minimum absolute atomic E-state index is 0. The predicted octanol–water partition coefficient (Wildman–Crippen LogP) is 2.22. The summed E-state index contributed by atoms with van der Waals surface area (Å²) in [5, 5.41) is 0. The molecule has 0 spiro atoms. The van der Waals surface area contributed by atoms with E-state index in [1.54, 1.807) is 0 Å². The number of ketones is 1. The summed E-state index contributed by atoms with van der Waals surface area (Å²) in [6.45, 7) is 0.989. The standard InChI is InChI=1S/C13H21NO.ClH/c1-14(2)7-12-10-6-11(13(12)15)9-5-3-4-8(9)10;/h8-12H,3-7H2,1-2H3;1H. The number of Topliss-reactive ketones (excluding diaryl/α,β-unsaturated/α-hetero) is 1. The van der Waals surface area contributed by atoms with Crippen molar-refractivity contribution in [2.45, 2.75) is 25.7 Å². The van der Waals surface area contributed by atoms with Crippen molar-refractivity contribution >= 4 is 18.2 Å². The number of nitrogens with zero attached hydrogens (tertiary/aromatic N) is 1. The van der Waals surface area contributed by atoms with Crippen LogP contribution in [0.4, 0.5) is 0 Å². The van der Waals surface area contributed by atoms with Crippen LogP contribution in [-0.4, -0.2) is 31.3 Å². The number of carbonyl (C=O) groups is 1. The van der Waals surface area contributed by atoms with Crippen molar-refractivity contribution in [3.05, 3.63) is 0 Å². The predicted molar refractivity (Wildman–Crippen MR) is 66.7 cm³/mol. The maximum atomic E-state index is 12.2. The van der Waals surface area contributed by atoms with Gasteiger partial charge in [0.05, 0.1) is 0 Å². The fraction of sp³-hybridized carbons (Fsp3) is 0.923. The fourth-order valence-electron chi connectivity index (χ4n) is 4.59. The number of carbonyl (C=O) groups excluding carboxylic acids is 1. The molecule has 0 saturated heterocycles. The second kappa shape index (κ2) is 4.30. The van der Waals surface area contributed by atoms with Gasteiger partial charge in [-0.1, -0.05) is 6.42 Å². The summed E-state index contributed by atoms with van der Waals surface area (Å²) in [5.41, 5.74) is 0. The van der Waals surface area contributed by atoms with Crippen molar-refractivity contribution in [2.75, 3.05) is 20.6 Å². The van der Waals surface area contributed by atoms with Crippen LogP contribution >= 0.6 is 12.4 Å². The molecule has 0 radical (unpaired) electrons. The molecule has 0 aromatic carbocycles. The van der Waals surface area contributed by atoms with Crippen LogP contribution in [0, 0.1) is 29.6 Å². The highest BCUT2D eigenvalue weighted by Crippen LogP contribution is 2.59. The molecule has 0 aliphatic heterocycles. The Morgan fingerprint density at radius 1 is 1.19 bits per heavy atom. The molecule has 0 heterocycles. The van der Waals surface area contributed by atoms with Crippen LogP contribution in [0.3, 0.4) is 0 Å². The molecule has 0 N–H and O–H groups in total. The molecule has 3 heteroatoms. The van der Waals surface area contributed by atoms with Gasteiger partial charge >= 0.3 is 0 Å². The van der Waals surface area contributed by atoms with E-state index in [0.29, 0.717) is 17.6 Å². The first kappa shape index (κ1) is 12.4. The van der Waals surface area contributed by atoms with Crippen LogP contribution in [0.2, 0.25) is 0 Å². The molecule has 0 aromatic rings. The molecule has 92 valence electrons. The summed E-state index contributed by atoms with van der Waals surface area (Å²) < 4.78 is 0. The molecule has 3 saturated carbocycles. The van der Waals surface area contributed by atoms with Crippen molar-refractivity contribution in [3.63, 3.8) is 0 Å². The number of hydrogen-bond donors (Lipinski definition) is 0. The summed E-state index contributed by atoms with van der Waals surface area (Å²) >= 11 is 0. The van der Waals surface area contributed by atoms with Gasteiger partial charge < -0.3 is 4.90 Å². The van der Waals surface area contributed by atoms with E-state index in [1.165, 1.54) is 25.7 Å². The third-order valence-electron chi connectivity index (χ3n) is 5.03. The quantitative estimate of drug-likeness (QED) is 0.741. The van der Waals surface area contributed by atoms with Gasteiger partial charge in [-0.25, -0.2) is 0 Å². The Morgan fingerprint density at radius 2 is 1.88 bits per heavy atom. The van der Waals surface area contributed by atoms with Crippen LogP contribution in [0.5, 0.6) is 0 Å². The first-order valence-corrected chi connectivity index (χ1v) is 6.37. The van der Waals surface area contributed by atoms with Gasteiger partial charge in [-0.05, 0) is 51.1 Å². The average molecular weight is 244 g/mol. The largest absolute Gasteiger partial charge is 0.309 e. The molecule has 3 fully saturated rings. The van der Waals surface area contributed by atoms with Crippen LogP contribution < -0.4 is 0 Å². The highest BCUT2D eigenvalue weighted by Gasteiger charge is 2.58. The molecule has 0 amide bonds. The van der Waals surface area contributed by atoms with Crippen molar-refractivity contribution in [1.29, 1.82) is 0 Å². The monoisotopic (exact) mass is 243 g/mol. The Morgan fingerprint density at radius 3 is 2.56 bits per heavy atom. The van der Waals surface area contributed by atoms with Gasteiger partial charge in [-0.3, -0.25) is 4.79 Å². The van der Waals surface area contributed by atoms with Crippen LogP contribution in [0.1, 0.15) is 25.7 Å². The minimum atomic E-state index is 0. The lowest BCUT2D eigenvalue weighted by Crippen LogP contribution is -2.38. The SMILES string of the molecule is CN(C)CC1C(=O)C2CC1C1CCCC21.Cl. The molecule has 5 atom stereocenters. The minimum Gasteiger partial charge on any atom is -0.309 e. The van der Waals surface area contributed by atoms with Crippen molar-refractivity contribution in [1.82, 2.24) is 4.90 Å². The third kappa shape index (κ3) is 1.62. The lowest BCUT2D eigenvalue weighted by Gasteiger charge is -2.31. The highest BCUT2D eigenvalue weighted by atomic mass is 35.5. The Labute approximate surface area is 104 Å². The molecule has 3 rings (SSSR count). The fourth-order valence-corrected chi connectivity index (χ4v) is 4.59. The first-order chi connectivity index (χ1) is 7.18. The highest BCUT2D eigenvalue weighted by molar-refractivity contribution is 5.87. The van der Waals surface area contributed by atoms with E-state index in [4.69, 9.17) is 0 Å². The summed E-state index contributed by atoms with van der Waals surface area (Å²) in [6, 6.07) is 0. The van der Waals surface area contributed by atoms with E-state index < -0.39 is 0 Å². The second-order valence-corrected chi connectivity index (χ2v) is 6.04. The lowest BCUT2D eigenvalue weighted by molar-refractivity contribution is -0.129. The zero-order valence-corrected chi connectivity index (χ0v) is 11.0. The number of halogens is 1. The normalized spacial score (nSPS) is 44.9. The van der Waals surface area contributed by atoms with E-state index in [2.05, 4.69) is 19.0 Å². The Hall–Kier alpha value is -0.0800. The van der Waals surface area contributed by atoms with Crippen molar-refractivity contribution in [3.8, 4) is 0 Å². The summed E-state index contributed by atoms with van der Waals surface area (Å²) in [6.07, 6.45) is 5.35. The number of hydrogen-bond acceptors (Lipinski definition) is 2. The van der Waals surface area contributed by atoms with Gasteiger partial charge in [0.25, 0.3) is 0 Å². The molecule has 0 aromatic heterocycles. The van der Waals surface area contributed by atoms with Gasteiger partial charge in [-0.2, -0.15) is 0 Å². The molecule has 2 bridgehead atoms. The van der Waals surface area contributed by atoms with Crippen molar-refractivity contribution < 1.29 is 4.79 Å². The zero-order valence-electron chi connectivity index (χ0n) is 10.2. The Kier molecular flexibility index (Phi) is 3.33. The maximum Gasteiger partial charge on any atom is 0.140 e. The molecular formula is C13H22ClNO. The van der Waals surface area contributed by atoms with E-state index in [1.807, 2.05) is 0 Å². The van der Waals surface area contributed by atoms with Gasteiger partial charge in [0.1, 0.15) is 5.78 Å². The van der Waals surface area contributed by atoms with E-state index in [0.717, 1.165) is 24.3 Å². The Balaban J connectivity index is 0.000000963. The van der Waals surface area contributed by atoms with Gasteiger partial charge in [0.2, 0.25) is 0 Å². The average Bonchev–Trinajstić information content (AvgIpc) is 2.77. The van der Waals surface area contributed by atoms with Gasteiger partial charge in [0.15, 0.2) is 0 Å². The maximum absolute atomic E-state index is 12.2. The molecule has 3 aliphatic carbocycles. The number of fused-ring (bicyclic) bond motifs is 5. The molecule has 5 unspecified atom stereocenters. The summed E-state index contributed by atoms with van der Waals surface area (Å²) in [7, 11) is 4.18. The smallest absolute Gasteiger partial charge is 0.140 e. The second-order valence-electron chi connectivity index (χ2n) is 6.04. The summed E-state index contributed by atoms with van der Waals surface area (Å²) in [5.74, 6) is 3.91. The van der Waals surface area contributed by atoms with E-state index in [9.17, 15) is 4.79 Å². The number of rotatable bonds is 2.